The standard InChI is InChI=1S/C21H38O3.Zn/c1-3-5-6-7-8-9-10-11-12-13-14-15-16-17-18-19-21(23)24-20(22)4-2;/h4H,2-3,5-19H2,1H3;. The van der Waals surface area contributed by atoms with Gasteiger partial charge in [-0.3, -0.25) is 4.79 Å². The minimum atomic E-state index is -0.652. The van der Waals surface area contributed by atoms with Crippen LogP contribution in [0.2, 0.25) is 0 Å². The van der Waals surface area contributed by atoms with Gasteiger partial charge in [0.15, 0.2) is 0 Å². The summed E-state index contributed by atoms with van der Waals surface area (Å²) >= 11 is 0. The molecule has 0 heterocycles. The van der Waals surface area contributed by atoms with Gasteiger partial charge in [-0.1, -0.05) is 103 Å². The van der Waals surface area contributed by atoms with Gasteiger partial charge in [-0.2, -0.15) is 0 Å². The first kappa shape index (κ1) is 26.7. The molecule has 0 atom stereocenters. The fourth-order valence-corrected chi connectivity index (χ4v) is 2.85. The summed E-state index contributed by atoms with van der Waals surface area (Å²) in [6, 6.07) is 0. The minimum absolute atomic E-state index is 0. The third-order valence-electron chi connectivity index (χ3n) is 4.37. The molecule has 0 aliphatic heterocycles. The molecule has 0 bridgehead atoms. The van der Waals surface area contributed by atoms with Crippen LogP contribution in [-0.4, -0.2) is 11.9 Å². The Balaban J connectivity index is 0. The van der Waals surface area contributed by atoms with Crippen molar-refractivity contribution in [1.82, 2.24) is 0 Å². The van der Waals surface area contributed by atoms with E-state index in [2.05, 4.69) is 18.2 Å². The fraction of sp³-hybridized carbons (Fsp3) is 0.810. The van der Waals surface area contributed by atoms with Crippen LogP contribution in [0.3, 0.4) is 0 Å². The van der Waals surface area contributed by atoms with Crippen molar-refractivity contribution < 1.29 is 33.8 Å². The molecule has 0 aromatic rings. The van der Waals surface area contributed by atoms with E-state index in [0.29, 0.717) is 6.42 Å². The maximum absolute atomic E-state index is 11.3. The van der Waals surface area contributed by atoms with E-state index in [9.17, 15) is 9.59 Å². The largest absolute Gasteiger partial charge is 0.390 e. The number of ether oxygens (including phenoxy) is 1. The second-order valence-electron chi connectivity index (χ2n) is 6.70. The quantitative estimate of drug-likeness (QED) is 0.0914. The van der Waals surface area contributed by atoms with Crippen molar-refractivity contribution >= 4 is 11.9 Å². The molecule has 3 nitrogen and oxygen atoms in total. The topological polar surface area (TPSA) is 43.4 Å². The molecule has 0 aliphatic carbocycles. The zero-order chi connectivity index (χ0) is 17.9. The van der Waals surface area contributed by atoms with E-state index < -0.39 is 11.9 Å². The summed E-state index contributed by atoms with van der Waals surface area (Å²) in [4.78, 5) is 22.1. The Morgan fingerprint density at radius 2 is 1.08 bits per heavy atom. The molecule has 0 rings (SSSR count). The smallest absolute Gasteiger partial charge is 0.337 e. The van der Waals surface area contributed by atoms with Crippen LogP contribution in [0.25, 0.3) is 0 Å². The average Bonchev–Trinajstić information content (AvgIpc) is 2.58. The molecule has 0 saturated carbocycles. The van der Waals surface area contributed by atoms with Gasteiger partial charge in [-0.25, -0.2) is 4.79 Å². The van der Waals surface area contributed by atoms with Crippen molar-refractivity contribution in [2.75, 3.05) is 0 Å². The van der Waals surface area contributed by atoms with Crippen LogP contribution in [0.5, 0.6) is 0 Å². The van der Waals surface area contributed by atoms with Gasteiger partial charge < -0.3 is 4.74 Å². The molecule has 142 valence electrons. The Bertz CT molecular complexity index is 329. The Morgan fingerprint density at radius 1 is 0.720 bits per heavy atom. The van der Waals surface area contributed by atoms with Crippen molar-refractivity contribution in [1.29, 1.82) is 0 Å². The monoisotopic (exact) mass is 402 g/mol. The van der Waals surface area contributed by atoms with Crippen molar-refractivity contribution in [3.05, 3.63) is 12.7 Å². The van der Waals surface area contributed by atoms with Gasteiger partial charge in [0, 0.05) is 32.0 Å². The van der Waals surface area contributed by atoms with Gasteiger partial charge in [0.2, 0.25) is 0 Å². The first-order chi connectivity index (χ1) is 11.7. The maximum atomic E-state index is 11.3. The van der Waals surface area contributed by atoms with Gasteiger partial charge >= 0.3 is 11.9 Å². The Hall–Kier alpha value is -0.497. The molecular weight excluding hydrogens is 366 g/mol. The van der Waals surface area contributed by atoms with E-state index in [1.165, 1.54) is 83.5 Å². The Morgan fingerprint density at radius 3 is 1.44 bits per heavy atom. The third-order valence-corrected chi connectivity index (χ3v) is 4.37. The van der Waals surface area contributed by atoms with Gasteiger partial charge in [0.1, 0.15) is 0 Å². The third kappa shape index (κ3) is 21.5. The number of hydrogen-bond donors (Lipinski definition) is 0. The van der Waals surface area contributed by atoms with Crippen LogP contribution in [0, 0.1) is 0 Å². The van der Waals surface area contributed by atoms with Crippen molar-refractivity contribution in [3.8, 4) is 0 Å². The van der Waals surface area contributed by atoms with Crippen LogP contribution in [0.4, 0.5) is 0 Å². The number of carbonyl (C=O) groups excluding carboxylic acids is 2. The van der Waals surface area contributed by atoms with Crippen molar-refractivity contribution in [3.63, 3.8) is 0 Å². The zero-order valence-electron chi connectivity index (χ0n) is 16.5. The number of esters is 2. The second-order valence-corrected chi connectivity index (χ2v) is 6.70. The fourth-order valence-electron chi connectivity index (χ4n) is 2.85. The SMILES string of the molecule is C=CC(=O)OC(=O)CCCCCCCCCCCCCCCCC.[Zn]. The Kier molecular flexibility index (Phi) is 23.0. The van der Waals surface area contributed by atoms with Crippen molar-refractivity contribution in [2.45, 2.75) is 110 Å². The summed E-state index contributed by atoms with van der Waals surface area (Å²) < 4.78 is 4.52. The molecule has 0 aliphatic rings. The molecule has 0 amide bonds. The summed E-state index contributed by atoms with van der Waals surface area (Å²) in [6.07, 6.45) is 20.8. The molecule has 0 aromatic carbocycles. The predicted molar refractivity (Wildman–Crippen MR) is 101 cm³/mol. The van der Waals surface area contributed by atoms with E-state index in [1.807, 2.05) is 0 Å². The minimum Gasteiger partial charge on any atom is -0.390 e. The van der Waals surface area contributed by atoms with Gasteiger partial charge in [-0.05, 0) is 6.42 Å². The first-order valence-corrected chi connectivity index (χ1v) is 10.1. The predicted octanol–water partition coefficient (Wildman–Crippen LogP) is 6.50. The van der Waals surface area contributed by atoms with E-state index in [-0.39, 0.29) is 19.5 Å². The number of carbonyl (C=O) groups is 2. The van der Waals surface area contributed by atoms with Crippen LogP contribution in [0.15, 0.2) is 12.7 Å². The molecule has 0 saturated heterocycles. The summed E-state index contributed by atoms with van der Waals surface area (Å²) in [5.74, 6) is -1.09. The molecule has 0 unspecified atom stereocenters. The zero-order valence-corrected chi connectivity index (χ0v) is 19.5. The Labute approximate surface area is 168 Å². The van der Waals surface area contributed by atoms with Gasteiger partial charge in [-0.15, -0.1) is 0 Å². The molecule has 25 heavy (non-hydrogen) atoms. The van der Waals surface area contributed by atoms with E-state index in [1.54, 1.807) is 0 Å². The van der Waals surface area contributed by atoms with E-state index in [4.69, 9.17) is 0 Å². The maximum Gasteiger partial charge on any atom is 0.337 e. The van der Waals surface area contributed by atoms with Crippen molar-refractivity contribution in [2.24, 2.45) is 0 Å². The first-order valence-electron chi connectivity index (χ1n) is 10.1. The summed E-state index contributed by atoms with van der Waals surface area (Å²) in [6.45, 7) is 5.53. The number of hydrogen-bond acceptors (Lipinski definition) is 3. The summed E-state index contributed by atoms with van der Waals surface area (Å²) in [7, 11) is 0. The normalized spacial score (nSPS) is 10.1. The average molecular weight is 404 g/mol. The summed E-state index contributed by atoms with van der Waals surface area (Å²) in [5, 5.41) is 0. The van der Waals surface area contributed by atoms with Crippen LogP contribution in [-0.2, 0) is 33.8 Å². The molecule has 0 radical (unpaired) electrons. The number of unbranched alkanes of at least 4 members (excludes halogenated alkanes) is 14. The molecular formula is C21H38O3Zn. The van der Waals surface area contributed by atoms with E-state index in [0.717, 1.165) is 18.9 Å². The molecule has 0 N–H and O–H groups in total. The van der Waals surface area contributed by atoms with Crippen LogP contribution < -0.4 is 0 Å². The van der Waals surface area contributed by atoms with Gasteiger partial charge in [0.25, 0.3) is 0 Å². The molecule has 0 spiro atoms. The molecule has 0 aromatic heterocycles. The van der Waals surface area contributed by atoms with Crippen LogP contribution >= 0.6 is 0 Å². The second kappa shape index (κ2) is 21.5. The van der Waals surface area contributed by atoms with Gasteiger partial charge in [0.05, 0.1) is 0 Å². The number of rotatable bonds is 17. The summed E-state index contributed by atoms with van der Waals surface area (Å²) in [5.41, 5.74) is 0. The van der Waals surface area contributed by atoms with E-state index >= 15 is 0 Å². The molecule has 4 heteroatoms. The van der Waals surface area contributed by atoms with Crippen LogP contribution in [0.1, 0.15) is 110 Å². The molecule has 0 fully saturated rings.